The maximum absolute atomic E-state index is 12.7. The highest BCUT2D eigenvalue weighted by molar-refractivity contribution is 7.92. The lowest BCUT2D eigenvalue weighted by atomic mass is 10.2. The number of rotatable bonds is 9. The minimum Gasteiger partial charge on any atom is -0.495 e. The second kappa shape index (κ2) is 10.4. The third-order valence-electron chi connectivity index (χ3n) is 4.76. The van der Waals surface area contributed by atoms with E-state index in [-0.39, 0.29) is 10.8 Å². The van der Waals surface area contributed by atoms with E-state index in [0.717, 1.165) is 5.69 Å². The highest BCUT2D eigenvalue weighted by Gasteiger charge is 2.16. The van der Waals surface area contributed by atoms with Crippen LogP contribution in [0.2, 0.25) is 0 Å². The molecule has 0 saturated heterocycles. The maximum Gasteiger partial charge on any atom is 0.262 e. The zero-order valence-corrected chi connectivity index (χ0v) is 19.7. The molecular weight excluding hydrogens is 474 g/mol. The molecule has 0 aliphatic carbocycles. The lowest BCUT2D eigenvalue weighted by Crippen LogP contribution is -2.14. The summed E-state index contributed by atoms with van der Waals surface area (Å²) in [4.78, 5) is 16.8. The lowest BCUT2D eigenvalue weighted by molar-refractivity contribution is 0.102. The Balaban J connectivity index is 1.37. The number of carbonyl (C=O) groups excluding carboxylic acids is 1. The largest absolute Gasteiger partial charge is 0.495 e. The number of aromatic nitrogens is 1. The summed E-state index contributed by atoms with van der Waals surface area (Å²) in [6, 6.07) is 19.3. The van der Waals surface area contributed by atoms with Crippen molar-refractivity contribution in [3.8, 4) is 11.5 Å². The number of nitrogens with zero attached hydrogens (tertiary/aromatic N) is 1. The van der Waals surface area contributed by atoms with Crippen LogP contribution >= 0.6 is 11.3 Å². The van der Waals surface area contributed by atoms with E-state index in [2.05, 4.69) is 15.0 Å². The van der Waals surface area contributed by atoms with Crippen molar-refractivity contribution in [3.63, 3.8) is 0 Å². The second-order valence-electron chi connectivity index (χ2n) is 7.08. The monoisotopic (exact) mass is 495 g/mol. The number of hydrogen-bond donors (Lipinski definition) is 2. The molecule has 0 radical (unpaired) electrons. The first kappa shape index (κ1) is 23.3. The first-order chi connectivity index (χ1) is 16.4. The highest BCUT2D eigenvalue weighted by Crippen LogP contribution is 2.26. The summed E-state index contributed by atoms with van der Waals surface area (Å²) in [6.07, 6.45) is 0. The molecule has 1 aromatic heterocycles. The number of thiazole rings is 1. The summed E-state index contributed by atoms with van der Waals surface area (Å²) in [5.41, 5.74) is 3.82. The van der Waals surface area contributed by atoms with Crippen molar-refractivity contribution in [2.24, 2.45) is 0 Å². The van der Waals surface area contributed by atoms with Gasteiger partial charge < -0.3 is 14.8 Å². The average Bonchev–Trinajstić information content (AvgIpc) is 3.37. The lowest BCUT2D eigenvalue weighted by Gasteiger charge is -2.12. The number of ether oxygens (including phenoxy) is 2. The number of anilines is 2. The van der Waals surface area contributed by atoms with Gasteiger partial charge in [0, 0.05) is 16.6 Å². The van der Waals surface area contributed by atoms with Crippen LogP contribution in [0.5, 0.6) is 11.5 Å². The number of methoxy groups -OCH3 is 1. The van der Waals surface area contributed by atoms with Gasteiger partial charge in [-0.15, -0.1) is 11.3 Å². The molecule has 0 aliphatic heterocycles. The summed E-state index contributed by atoms with van der Waals surface area (Å²) in [5.74, 6) is 0.713. The predicted octanol–water partition coefficient (Wildman–Crippen LogP) is 4.78. The average molecular weight is 496 g/mol. The molecule has 4 aromatic rings. The number of sulfonamides is 1. The molecule has 0 bridgehead atoms. The van der Waals surface area contributed by atoms with Gasteiger partial charge in [0.05, 0.1) is 28.9 Å². The minimum atomic E-state index is -3.83. The van der Waals surface area contributed by atoms with Crippen molar-refractivity contribution >= 4 is 38.6 Å². The maximum atomic E-state index is 12.7. The third kappa shape index (κ3) is 5.72. The molecular formula is C24H21N3O5S2. The molecule has 1 heterocycles. The van der Waals surface area contributed by atoms with Gasteiger partial charge in [-0.05, 0) is 60.7 Å². The van der Waals surface area contributed by atoms with Gasteiger partial charge in [0.2, 0.25) is 0 Å². The SMILES string of the molecule is COc1ccccc1NS(=O)(=O)c1ccc(NC(=O)c2ccc(OCc3cscn3)cc2)cc1. The molecule has 34 heavy (non-hydrogen) atoms. The van der Waals surface area contributed by atoms with Gasteiger partial charge in [-0.3, -0.25) is 9.52 Å². The fourth-order valence-corrected chi connectivity index (χ4v) is 4.64. The minimum absolute atomic E-state index is 0.0537. The molecule has 0 atom stereocenters. The van der Waals surface area contributed by atoms with Crippen LogP contribution in [-0.4, -0.2) is 26.4 Å². The number of carbonyl (C=O) groups is 1. The number of nitrogens with one attached hydrogen (secondary N) is 2. The van der Waals surface area contributed by atoms with Crippen molar-refractivity contribution in [2.75, 3.05) is 17.1 Å². The Morgan fingerprint density at radius 3 is 2.41 bits per heavy atom. The Morgan fingerprint density at radius 2 is 1.74 bits per heavy atom. The standard InChI is InChI=1S/C24H21N3O5S2/c1-31-23-5-3-2-4-22(23)27-34(29,30)21-12-8-18(9-13-21)26-24(28)17-6-10-20(11-7-17)32-14-19-15-33-16-25-19/h2-13,15-16,27H,14H2,1H3,(H,26,28). The van der Waals surface area contributed by atoms with Crippen LogP contribution in [0.15, 0.2) is 88.6 Å². The molecule has 3 aromatic carbocycles. The Kier molecular flexibility index (Phi) is 7.09. The fourth-order valence-electron chi connectivity index (χ4n) is 3.02. The third-order valence-corrected chi connectivity index (χ3v) is 6.78. The van der Waals surface area contributed by atoms with Gasteiger partial charge in [-0.2, -0.15) is 0 Å². The Hall–Kier alpha value is -3.89. The van der Waals surface area contributed by atoms with Crippen molar-refractivity contribution in [1.82, 2.24) is 4.98 Å². The van der Waals surface area contributed by atoms with Crippen LogP contribution in [0, 0.1) is 0 Å². The van der Waals surface area contributed by atoms with Crippen LogP contribution in [0.4, 0.5) is 11.4 Å². The Labute approximate surface area is 201 Å². The highest BCUT2D eigenvalue weighted by atomic mass is 32.2. The van der Waals surface area contributed by atoms with Crippen molar-refractivity contribution in [2.45, 2.75) is 11.5 Å². The molecule has 0 aliphatic rings. The van der Waals surface area contributed by atoms with Gasteiger partial charge >= 0.3 is 0 Å². The van der Waals surface area contributed by atoms with Crippen molar-refractivity contribution in [3.05, 3.63) is 94.9 Å². The van der Waals surface area contributed by atoms with Crippen LogP contribution in [0.3, 0.4) is 0 Å². The molecule has 10 heteroatoms. The van der Waals surface area contributed by atoms with Gasteiger partial charge in [-0.25, -0.2) is 13.4 Å². The van der Waals surface area contributed by atoms with E-state index >= 15 is 0 Å². The normalized spacial score (nSPS) is 11.0. The number of benzene rings is 3. The van der Waals surface area contributed by atoms with Gasteiger partial charge in [0.15, 0.2) is 0 Å². The van der Waals surface area contributed by atoms with Crippen molar-refractivity contribution in [1.29, 1.82) is 0 Å². The van der Waals surface area contributed by atoms with E-state index < -0.39 is 10.0 Å². The van der Waals surface area contributed by atoms with Gasteiger partial charge in [-0.1, -0.05) is 12.1 Å². The zero-order chi connectivity index (χ0) is 24.0. The van der Waals surface area contributed by atoms with Crippen LogP contribution in [0.25, 0.3) is 0 Å². The first-order valence-electron chi connectivity index (χ1n) is 10.1. The summed E-state index contributed by atoms with van der Waals surface area (Å²) in [6.45, 7) is 0.357. The molecule has 1 amide bonds. The molecule has 174 valence electrons. The molecule has 0 spiro atoms. The van der Waals surface area contributed by atoms with E-state index in [1.54, 1.807) is 54.0 Å². The van der Waals surface area contributed by atoms with E-state index in [4.69, 9.17) is 9.47 Å². The fraction of sp³-hybridized carbons (Fsp3) is 0.0833. The first-order valence-corrected chi connectivity index (χ1v) is 12.5. The van der Waals surface area contributed by atoms with Crippen LogP contribution < -0.4 is 19.5 Å². The molecule has 0 saturated carbocycles. The number of amides is 1. The van der Waals surface area contributed by atoms with Gasteiger partial charge in [0.1, 0.15) is 18.1 Å². The Morgan fingerprint density at radius 1 is 1.00 bits per heavy atom. The van der Waals surface area contributed by atoms with E-state index in [1.807, 2.05) is 5.38 Å². The van der Waals surface area contributed by atoms with Crippen molar-refractivity contribution < 1.29 is 22.7 Å². The van der Waals surface area contributed by atoms with Gasteiger partial charge in [0.25, 0.3) is 15.9 Å². The van der Waals surface area contributed by atoms with E-state index in [0.29, 0.717) is 35.0 Å². The predicted molar refractivity (Wildman–Crippen MR) is 131 cm³/mol. The second-order valence-corrected chi connectivity index (χ2v) is 9.48. The topological polar surface area (TPSA) is 107 Å². The quantitative estimate of drug-likeness (QED) is 0.346. The molecule has 4 rings (SSSR count). The van der Waals surface area contributed by atoms with Crippen LogP contribution in [0.1, 0.15) is 16.1 Å². The molecule has 0 fully saturated rings. The number of hydrogen-bond acceptors (Lipinski definition) is 7. The summed E-state index contributed by atoms with van der Waals surface area (Å²) >= 11 is 1.50. The smallest absolute Gasteiger partial charge is 0.262 e. The number of para-hydroxylation sites is 2. The molecule has 8 nitrogen and oxygen atoms in total. The van der Waals surface area contributed by atoms with E-state index in [1.165, 1.54) is 42.7 Å². The molecule has 2 N–H and O–H groups in total. The molecule has 0 unspecified atom stereocenters. The summed E-state index contributed by atoms with van der Waals surface area (Å²) < 4.78 is 38.8. The van der Waals surface area contributed by atoms with E-state index in [9.17, 15) is 13.2 Å². The Bertz CT molecular complexity index is 1350. The zero-order valence-electron chi connectivity index (χ0n) is 18.1. The summed E-state index contributed by atoms with van der Waals surface area (Å²) in [7, 11) is -2.36. The summed E-state index contributed by atoms with van der Waals surface area (Å²) in [5, 5.41) is 4.66. The van der Waals surface area contributed by atoms with Crippen LogP contribution in [-0.2, 0) is 16.6 Å².